The first-order chi connectivity index (χ1) is 8.69. The van der Waals surface area contributed by atoms with Crippen molar-refractivity contribution in [1.82, 2.24) is 9.88 Å². The smallest absolute Gasteiger partial charge is 0.257 e. The summed E-state index contributed by atoms with van der Waals surface area (Å²) in [5.74, 6) is 4.08. The maximum Gasteiger partial charge on any atom is 0.257 e. The first kappa shape index (κ1) is 12.8. The molecule has 5 nitrogen and oxygen atoms in total. The molecule has 1 aliphatic rings. The largest absolute Gasteiger partial charge is 0.336 e. The van der Waals surface area contributed by atoms with E-state index in [4.69, 9.17) is 5.84 Å². The van der Waals surface area contributed by atoms with E-state index < -0.39 is 5.82 Å². The Morgan fingerprint density at radius 3 is 3.17 bits per heavy atom. The summed E-state index contributed by atoms with van der Waals surface area (Å²) < 4.78 is 14.0. The van der Waals surface area contributed by atoms with Crippen LogP contribution in [0.3, 0.4) is 0 Å². The Kier molecular flexibility index (Phi) is 3.76. The zero-order valence-electron chi connectivity index (χ0n) is 10.3. The van der Waals surface area contributed by atoms with Crippen molar-refractivity contribution in [2.45, 2.75) is 32.2 Å². The summed E-state index contributed by atoms with van der Waals surface area (Å²) in [5, 5.41) is 0. The lowest BCUT2D eigenvalue weighted by Crippen LogP contribution is -2.35. The van der Waals surface area contributed by atoms with Crippen molar-refractivity contribution >= 4 is 11.7 Å². The zero-order chi connectivity index (χ0) is 13.1. The fraction of sp³-hybridized carbons (Fsp3) is 0.500. The third kappa shape index (κ3) is 2.15. The Labute approximate surface area is 105 Å². The number of nitrogens with zero attached hydrogens (tertiary/aromatic N) is 2. The monoisotopic (exact) mass is 252 g/mol. The lowest BCUT2D eigenvalue weighted by atomic mass is 10.1. The fourth-order valence-corrected chi connectivity index (χ4v) is 2.39. The number of hydrogen-bond donors (Lipinski definition) is 2. The number of rotatable bonds is 3. The molecule has 2 heterocycles. The standard InChI is InChI=1S/C12H17FN4O/c1-2-8-4-3-7-17(8)12(18)9-5-6-15-11(16-14)10(9)13/h5-6,8H,2-4,7,14H2,1H3,(H,15,16). The minimum Gasteiger partial charge on any atom is -0.336 e. The average molecular weight is 252 g/mol. The highest BCUT2D eigenvalue weighted by atomic mass is 19.1. The Morgan fingerprint density at radius 1 is 1.72 bits per heavy atom. The van der Waals surface area contributed by atoms with Crippen molar-refractivity contribution < 1.29 is 9.18 Å². The third-order valence-corrected chi connectivity index (χ3v) is 3.37. The maximum absolute atomic E-state index is 14.0. The molecular weight excluding hydrogens is 235 g/mol. The number of carbonyl (C=O) groups is 1. The molecule has 1 amide bonds. The normalized spacial score (nSPS) is 19.1. The molecule has 18 heavy (non-hydrogen) atoms. The van der Waals surface area contributed by atoms with Crippen LogP contribution in [0.25, 0.3) is 0 Å². The number of nitrogens with two attached hydrogens (primary N) is 1. The predicted octanol–water partition coefficient (Wildman–Crippen LogP) is 1.52. The molecule has 2 rings (SSSR count). The van der Waals surface area contributed by atoms with Gasteiger partial charge in [-0.3, -0.25) is 4.79 Å². The van der Waals surface area contributed by atoms with E-state index in [1.165, 1.54) is 12.3 Å². The lowest BCUT2D eigenvalue weighted by Gasteiger charge is -2.24. The van der Waals surface area contributed by atoms with Crippen LogP contribution in [-0.4, -0.2) is 28.4 Å². The van der Waals surface area contributed by atoms with E-state index >= 15 is 0 Å². The van der Waals surface area contributed by atoms with Crippen LogP contribution in [-0.2, 0) is 0 Å². The van der Waals surface area contributed by atoms with Crippen LogP contribution in [0.1, 0.15) is 36.5 Å². The number of halogens is 1. The number of nitrogens with one attached hydrogen (secondary N) is 1. The third-order valence-electron chi connectivity index (χ3n) is 3.37. The van der Waals surface area contributed by atoms with Crippen molar-refractivity contribution in [1.29, 1.82) is 0 Å². The van der Waals surface area contributed by atoms with Crippen molar-refractivity contribution in [3.05, 3.63) is 23.6 Å². The highest BCUT2D eigenvalue weighted by Crippen LogP contribution is 2.24. The highest BCUT2D eigenvalue weighted by molar-refractivity contribution is 5.95. The molecule has 1 fully saturated rings. The van der Waals surface area contributed by atoms with E-state index in [1.54, 1.807) is 4.90 Å². The molecule has 1 aliphatic heterocycles. The SMILES string of the molecule is CCC1CCCN1C(=O)c1ccnc(NN)c1F. The number of hydrazine groups is 1. The van der Waals surface area contributed by atoms with Crippen LogP contribution in [0.4, 0.5) is 10.2 Å². The number of amides is 1. The first-order valence-corrected chi connectivity index (χ1v) is 6.11. The van der Waals surface area contributed by atoms with Crippen LogP contribution in [0.2, 0.25) is 0 Å². The van der Waals surface area contributed by atoms with Crippen LogP contribution in [0.5, 0.6) is 0 Å². The number of likely N-dealkylation sites (tertiary alicyclic amines) is 1. The number of carbonyl (C=O) groups excluding carboxylic acids is 1. The lowest BCUT2D eigenvalue weighted by molar-refractivity contribution is 0.0729. The summed E-state index contributed by atoms with van der Waals surface area (Å²) in [6, 6.07) is 1.60. The van der Waals surface area contributed by atoms with Gasteiger partial charge in [-0.25, -0.2) is 15.2 Å². The Balaban J connectivity index is 2.28. The van der Waals surface area contributed by atoms with E-state index in [0.717, 1.165) is 19.3 Å². The topological polar surface area (TPSA) is 71.2 Å². The number of nitrogen functional groups attached to an aromatic ring is 1. The minimum atomic E-state index is -0.688. The molecule has 0 radical (unpaired) electrons. The van der Waals surface area contributed by atoms with E-state index in [0.29, 0.717) is 6.54 Å². The molecular formula is C12H17FN4O. The number of anilines is 1. The molecule has 98 valence electrons. The van der Waals surface area contributed by atoms with Crippen LogP contribution >= 0.6 is 0 Å². The summed E-state index contributed by atoms with van der Waals surface area (Å²) in [5.41, 5.74) is 2.18. The van der Waals surface area contributed by atoms with Gasteiger partial charge in [-0.05, 0) is 25.3 Å². The van der Waals surface area contributed by atoms with Crippen LogP contribution in [0.15, 0.2) is 12.3 Å². The predicted molar refractivity (Wildman–Crippen MR) is 66.4 cm³/mol. The summed E-state index contributed by atoms with van der Waals surface area (Å²) in [6.45, 7) is 2.72. The Morgan fingerprint density at radius 2 is 2.50 bits per heavy atom. The van der Waals surface area contributed by atoms with Gasteiger partial charge in [0.05, 0.1) is 5.56 Å². The van der Waals surface area contributed by atoms with E-state index in [-0.39, 0.29) is 23.3 Å². The van der Waals surface area contributed by atoms with Gasteiger partial charge in [0.1, 0.15) is 0 Å². The van der Waals surface area contributed by atoms with Gasteiger partial charge >= 0.3 is 0 Å². The minimum absolute atomic E-state index is 0.0262. The van der Waals surface area contributed by atoms with Gasteiger partial charge in [0.25, 0.3) is 5.91 Å². The second-order valence-electron chi connectivity index (χ2n) is 4.37. The molecule has 1 saturated heterocycles. The molecule has 3 N–H and O–H groups in total. The summed E-state index contributed by atoms with van der Waals surface area (Å²) in [6.07, 6.45) is 4.22. The Hall–Kier alpha value is -1.69. The summed E-state index contributed by atoms with van der Waals surface area (Å²) in [7, 11) is 0. The first-order valence-electron chi connectivity index (χ1n) is 6.11. The molecule has 0 saturated carbocycles. The average Bonchev–Trinajstić information content (AvgIpc) is 2.86. The number of aromatic nitrogens is 1. The zero-order valence-corrected chi connectivity index (χ0v) is 10.3. The number of hydrogen-bond acceptors (Lipinski definition) is 4. The van der Waals surface area contributed by atoms with Gasteiger partial charge in [-0.15, -0.1) is 0 Å². The van der Waals surface area contributed by atoms with Crippen molar-refractivity contribution in [2.75, 3.05) is 12.0 Å². The Bertz CT molecular complexity index is 452. The molecule has 1 unspecified atom stereocenters. The summed E-state index contributed by atoms with van der Waals surface area (Å²) in [4.78, 5) is 17.8. The second-order valence-corrected chi connectivity index (χ2v) is 4.37. The summed E-state index contributed by atoms with van der Waals surface area (Å²) >= 11 is 0. The van der Waals surface area contributed by atoms with Gasteiger partial charge < -0.3 is 10.3 Å². The van der Waals surface area contributed by atoms with Gasteiger partial charge in [-0.1, -0.05) is 6.92 Å². The molecule has 0 aromatic carbocycles. The van der Waals surface area contributed by atoms with Crippen molar-refractivity contribution in [2.24, 2.45) is 5.84 Å². The van der Waals surface area contributed by atoms with E-state index in [2.05, 4.69) is 10.4 Å². The fourth-order valence-electron chi connectivity index (χ4n) is 2.39. The van der Waals surface area contributed by atoms with Crippen molar-refractivity contribution in [3.8, 4) is 0 Å². The van der Waals surface area contributed by atoms with Gasteiger partial charge in [-0.2, -0.15) is 0 Å². The molecule has 1 aromatic rings. The maximum atomic E-state index is 14.0. The van der Waals surface area contributed by atoms with Gasteiger partial charge in [0, 0.05) is 18.8 Å². The van der Waals surface area contributed by atoms with Gasteiger partial charge in [0.15, 0.2) is 11.6 Å². The molecule has 1 aromatic heterocycles. The highest BCUT2D eigenvalue weighted by Gasteiger charge is 2.30. The molecule has 1 atom stereocenters. The molecule has 0 spiro atoms. The van der Waals surface area contributed by atoms with E-state index in [1.807, 2.05) is 6.92 Å². The number of pyridine rings is 1. The van der Waals surface area contributed by atoms with Crippen LogP contribution in [0, 0.1) is 5.82 Å². The van der Waals surface area contributed by atoms with Crippen molar-refractivity contribution in [3.63, 3.8) is 0 Å². The molecule has 0 bridgehead atoms. The molecule has 0 aliphatic carbocycles. The second kappa shape index (κ2) is 5.30. The van der Waals surface area contributed by atoms with Gasteiger partial charge in [0.2, 0.25) is 0 Å². The van der Waals surface area contributed by atoms with E-state index in [9.17, 15) is 9.18 Å². The van der Waals surface area contributed by atoms with Crippen LogP contribution < -0.4 is 11.3 Å². The quantitative estimate of drug-likeness (QED) is 0.632. The molecule has 6 heteroatoms.